The molecule has 0 radical (unpaired) electrons. The number of para-hydroxylation sites is 2. The average molecular weight is 1460 g/mol. The number of hydrogen-bond donors (Lipinski definition) is 0. The molecule has 2 aromatic heterocycles. The summed E-state index contributed by atoms with van der Waals surface area (Å²) in [5, 5.41) is 4.89. The zero-order chi connectivity index (χ0) is 77.6. The lowest BCUT2D eigenvalue weighted by Crippen LogP contribution is -2.61. The van der Waals surface area contributed by atoms with Gasteiger partial charge in [-0.25, -0.2) is 0 Å². The summed E-state index contributed by atoms with van der Waals surface area (Å²) in [6.45, 7) is 33.5. The standard InChI is InChI=1S/C108H99BN4/c1-103(2,3)78-57-77(58-79(64-78)104(4,5)6)76-39-49-92-98(63-76)110(80-42-33-70(34-43-80)74-37-47-88-90(61-74)107(11,12)55-53-105(88,7)8)100-66-83(113-96-51-40-72(68-25-17-15-18-26-68)59-86(96)87-60-73(41-52-97(87)113)69-27-19-16-20-28-69)67-101-102(100)109(92)93-50-46-82(112-94-31-23-21-29-84(94)85-30-22-24-32-95(85)112)65-99(93)111(101)81-44-35-71(36-45-81)75-38-48-89-91(62-75)108(13,14)56-54-106(89,9)10/h15-52,57-67H,53-56H2,1-14H3. The highest BCUT2D eigenvalue weighted by atomic mass is 15.2. The predicted octanol–water partition coefficient (Wildman–Crippen LogP) is 27.6. The fraction of sp³-hybridized carbons (Fsp3) is 0.222. The van der Waals surface area contributed by atoms with Gasteiger partial charge in [-0.1, -0.05) is 303 Å². The number of nitrogens with zero attached hydrogens (tertiary/aromatic N) is 4. The zero-order valence-electron chi connectivity index (χ0n) is 68.0. The van der Waals surface area contributed by atoms with Crippen LogP contribution < -0.4 is 26.2 Å². The van der Waals surface area contributed by atoms with Crippen molar-refractivity contribution in [2.45, 2.75) is 155 Å². The Morgan fingerprint density at radius 3 is 1.04 bits per heavy atom. The second kappa shape index (κ2) is 25.4. The van der Waals surface area contributed by atoms with Crippen LogP contribution in [0, 0.1) is 0 Å². The molecule has 2 aliphatic heterocycles. The molecule has 0 atom stereocenters. The zero-order valence-corrected chi connectivity index (χ0v) is 68.0. The summed E-state index contributed by atoms with van der Waals surface area (Å²) in [6, 6.07) is 115. The fourth-order valence-electron chi connectivity index (χ4n) is 19.9. The molecule has 2 aliphatic carbocycles. The van der Waals surface area contributed by atoms with Gasteiger partial charge in [0.2, 0.25) is 0 Å². The van der Waals surface area contributed by atoms with Crippen LogP contribution in [-0.2, 0) is 32.5 Å². The molecule has 16 aromatic rings. The second-order valence-electron chi connectivity index (χ2n) is 37.9. The molecule has 113 heavy (non-hydrogen) atoms. The van der Waals surface area contributed by atoms with Gasteiger partial charge in [-0.2, -0.15) is 0 Å². The third-order valence-electron chi connectivity index (χ3n) is 26.7. The van der Waals surface area contributed by atoms with Crippen molar-refractivity contribution in [3.63, 3.8) is 0 Å². The first kappa shape index (κ1) is 70.5. The van der Waals surface area contributed by atoms with Gasteiger partial charge in [-0.3, -0.25) is 0 Å². The number of anilines is 6. The highest BCUT2D eigenvalue weighted by molar-refractivity contribution is 7.00. The van der Waals surface area contributed by atoms with Crippen LogP contribution in [0.2, 0.25) is 0 Å². The first-order valence-corrected chi connectivity index (χ1v) is 41.1. The van der Waals surface area contributed by atoms with Gasteiger partial charge in [0.15, 0.2) is 0 Å². The molecule has 554 valence electrons. The Morgan fingerprint density at radius 1 is 0.248 bits per heavy atom. The summed E-state index contributed by atoms with van der Waals surface area (Å²) in [4.78, 5) is 5.30. The monoisotopic (exact) mass is 1460 g/mol. The Kier molecular flexibility index (Phi) is 15.9. The summed E-state index contributed by atoms with van der Waals surface area (Å²) < 4.78 is 5.09. The number of aromatic nitrogens is 2. The molecule has 0 saturated carbocycles. The van der Waals surface area contributed by atoms with Crippen molar-refractivity contribution >= 4 is 101 Å². The Hall–Kier alpha value is -11.7. The van der Waals surface area contributed by atoms with Crippen molar-refractivity contribution in [1.29, 1.82) is 0 Å². The molecule has 14 aromatic carbocycles. The van der Waals surface area contributed by atoms with Crippen molar-refractivity contribution in [2.75, 3.05) is 9.80 Å². The largest absolute Gasteiger partial charge is 0.311 e. The van der Waals surface area contributed by atoms with E-state index < -0.39 is 0 Å². The Morgan fingerprint density at radius 2 is 0.584 bits per heavy atom. The molecule has 0 unspecified atom stereocenters. The van der Waals surface area contributed by atoms with Gasteiger partial charge in [0.1, 0.15) is 0 Å². The normalized spacial score (nSPS) is 15.8. The van der Waals surface area contributed by atoms with E-state index in [-0.39, 0.29) is 39.2 Å². The first-order chi connectivity index (χ1) is 54.2. The van der Waals surface area contributed by atoms with Crippen LogP contribution in [0.25, 0.3) is 111 Å². The quantitative estimate of drug-likeness (QED) is 0.134. The molecule has 4 nitrogen and oxygen atoms in total. The summed E-state index contributed by atoms with van der Waals surface area (Å²) >= 11 is 0. The molecule has 4 aliphatic rings. The maximum Gasteiger partial charge on any atom is 0.252 e. The molecule has 0 bridgehead atoms. The third-order valence-corrected chi connectivity index (χ3v) is 26.7. The van der Waals surface area contributed by atoms with Gasteiger partial charge in [-0.05, 0) is 255 Å². The van der Waals surface area contributed by atoms with Crippen LogP contribution >= 0.6 is 0 Å². The van der Waals surface area contributed by atoms with E-state index in [9.17, 15) is 0 Å². The lowest BCUT2D eigenvalue weighted by atomic mass is 9.33. The van der Waals surface area contributed by atoms with Crippen LogP contribution in [-0.4, -0.2) is 15.8 Å². The third kappa shape index (κ3) is 11.5. The van der Waals surface area contributed by atoms with E-state index in [1.54, 1.807) is 0 Å². The van der Waals surface area contributed by atoms with E-state index in [1.807, 2.05) is 0 Å². The predicted molar refractivity (Wildman–Crippen MR) is 484 cm³/mol. The SMILES string of the molecule is CC(C)(C)c1cc(-c2ccc3c(c2)N(c2ccc(-c4ccc5c(c4)C(C)(C)CCC5(C)C)cc2)c2cc(-n4c5ccc(-c6ccccc6)cc5c5cc(-c6ccccc6)ccc54)cc4c2B3c2ccc(-n3c5ccccc5c5ccccc53)cc2N4c2ccc(-c3ccc4c(c3)C(C)(C)CCC4(C)C)cc2)cc(C(C)(C)C)c1. The second-order valence-corrected chi connectivity index (χ2v) is 37.9. The van der Waals surface area contributed by atoms with Crippen LogP contribution in [0.1, 0.15) is 156 Å². The molecule has 20 rings (SSSR count). The molecule has 0 amide bonds. The molecule has 5 heteroatoms. The number of fused-ring (bicyclic) bond motifs is 12. The van der Waals surface area contributed by atoms with Crippen LogP contribution in [0.3, 0.4) is 0 Å². The van der Waals surface area contributed by atoms with Crippen molar-refractivity contribution < 1.29 is 0 Å². The molecule has 0 N–H and O–H groups in total. The molecular weight excluding hydrogens is 1360 g/mol. The summed E-state index contributed by atoms with van der Waals surface area (Å²) in [6.07, 6.45) is 4.68. The molecule has 0 saturated heterocycles. The average Bonchev–Trinajstić information content (AvgIpc) is 1.56. The minimum absolute atomic E-state index is 0.0670. The summed E-state index contributed by atoms with van der Waals surface area (Å²) in [5.41, 5.74) is 38.3. The number of benzene rings is 14. The smallest absolute Gasteiger partial charge is 0.252 e. The van der Waals surface area contributed by atoms with E-state index in [4.69, 9.17) is 0 Å². The minimum Gasteiger partial charge on any atom is -0.311 e. The first-order valence-electron chi connectivity index (χ1n) is 41.1. The van der Waals surface area contributed by atoms with E-state index in [1.165, 1.54) is 157 Å². The van der Waals surface area contributed by atoms with Crippen LogP contribution in [0.4, 0.5) is 34.1 Å². The fourth-order valence-corrected chi connectivity index (χ4v) is 19.9. The van der Waals surface area contributed by atoms with E-state index in [0.717, 1.165) is 63.7 Å². The van der Waals surface area contributed by atoms with Gasteiger partial charge in [0, 0.05) is 61.4 Å². The van der Waals surface area contributed by atoms with E-state index in [0.29, 0.717) is 0 Å². The van der Waals surface area contributed by atoms with Gasteiger partial charge in [0.25, 0.3) is 6.71 Å². The van der Waals surface area contributed by atoms with E-state index in [2.05, 4.69) is 413 Å². The van der Waals surface area contributed by atoms with Crippen molar-refractivity contribution in [3.8, 4) is 67.0 Å². The highest BCUT2D eigenvalue weighted by Gasteiger charge is 2.46. The maximum absolute atomic E-state index is 2.66. The Balaban J connectivity index is 0.886. The molecular formula is C108H99BN4. The minimum atomic E-state index is -0.191. The van der Waals surface area contributed by atoms with Gasteiger partial charge >= 0.3 is 0 Å². The maximum atomic E-state index is 2.66. The Bertz CT molecular complexity index is 6380. The van der Waals surface area contributed by atoms with Crippen molar-refractivity contribution in [2.24, 2.45) is 0 Å². The van der Waals surface area contributed by atoms with Crippen molar-refractivity contribution in [3.05, 3.63) is 331 Å². The molecule has 0 fully saturated rings. The van der Waals surface area contributed by atoms with Crippen molar-refractivity contribution in [1.82, 2.24) is 9.13 Å². The highest BCUT2D eigenvalue weighted by Crippen LogP contribution is 2.53. The van der Waals surface area contributed by atoms with Gasteiger partial charge in [-0.15, -0.1) is 0 Å². The summed E-state index contributed by atoms with van der Waals surface area (Å²) in [7, 11) is 0. The lowest BCUT2D eigenvalue weighted by molar-refractivity contribution is 0.332. The van der Waals surface area contributed by atoms with E-state index >= 15 is 0 Å². The van der Waals surface area contributed by atoms with Crippen LogP contribution in [0.15, 0.2) is 297 Å². The Labute approximate surface area is 668 Å². The molecule has 0 spiro atoms. The van der Waals surface area contributed by atoms with Gasteiger partial charge < -0.3 is 18.9 Å². The topological polar surface area (TPSA) is 16.3 Å². The number of hydrogen-bond acceptors (Lipinski definition) is 2. The summed E-state index contributed by atoms with van der Waals surface area (Å²) in [5.74, 6) is 0. The molecule has 4 heterocycles. The van der Waals surface area contributed by atoms with Crippen LogP contribution in [0.5, 0.6) is 0 Å². The van der Waals surface area contributed by atoms with Gasteiger partial charge in [0.05, 0.1) is 27.8 Å². The number of rotatable bonds is 9. The lowest BCUT2D eigenvalue weighted by Gasteiger charge is -2.45.